The van der Waals surface area contributed by atoms with Gasteiger partial charge in [0.25, 0.3) is 5.91 Å². The van der Waals surface area contributed by atoms with E-state index >= 15 is 0 Å². The molecule has 0 aliphatic heterocycles. The van der Waals surface area contributed by atoms with Crippen LogP contribution in [0.3, 0.4) is 0 Å². The quantitative estimate of drug-likeness (QED) is 0.136. The predicted molar refractivity (Wildman–Crippen MR) is 164 cm³/mol. The third kappa shape index (κ3) is 8.06. The minimum absolute atomic E-state index is 0.0792. The van der Waals surface area contributed by atoms with Crippen LogP contribution in [0.5, 0.6) is 23.0 Å². The summed E-state index contributed by atoms with van der Waals surface area (Å²) in [6.07, 6.45) is 1.46. The number of nitrogens with one attached hydrogen (secondary N) is 1. The Morgan fingerprint density at radius 1 is 0.881 bits per heavy atom. The van der Waals surface area contributed by atoms with E-state index in [0.717, 1.165) is 16.7 Å². The molecule has 0 aromatic heterocycles. The van der Waals surface area contributed by atoms with Crippen molar-refractivity contribution >= 4 is 29.3 Å². The van der Waals surface area contributed by atoms with E-state index in [1.165, 1.54) is 6.08 Å². The van der Waals surface area contributed by atoms with Crippen molar-refractivity contribution in [1.29, 1.82) is 5.26 Å². The Hall–Kier alpha value is -4.93. The second-order valence-electron chi connectivity index (χ2n) is 9.30. The van der Waals surface area contributed by atoms with Crippen molar-refractivity contribution < 1.29 is 23.7 Å². The maximum absolute atomic E-state index is 12.7. The first kappa shape index (κ1) is 30.0. The minimum atomic E-state index is -0.527. The summed E-state index contributed by atoms with van der Waals surface area (Å²) in [6, 6.07) is 28.0. The Balaban J connectivity index is 1.49. The van der Waals surface area contributed by atoms with Gasteiger partial charge < -0.3 is 24.3 Å². The van der Waals surface area contributed by atoms with E-state index in [1.54, 1.807) is 31.4 Å². The van der Waals surface area contributed by atoms with E-state index in [2.05, 4.69) is 5.32 Å². The summed E-state index contributed by atoms with van der Waals surface area (Å²) >= 11 is 6.61. The number of halogens is 1. The van der Waals surface area contributed by atoms with Crippen LogP contribution < -0.4 is 24.3 Å². The fourth-order valence-corrected chi connectivity index (χ4v) is 4.31. The van der Waals surface area contributed by atoms with Gasteiger partial charge >= 0.3 is 0 Å². The van der Waals surface area contributed by atoms with Crippen molar-refractivity contribution in [3.63, 3.8) is 0 Å². The van der Waals surface area contributed by atoms with Gasteiger partial charge in [0.05, 0.1) is 18.7 Å². The van der Waals surface area contributed by atoms with Gasteiger partial charge in [-0.1, -0.05) is 65.7 Å². The monoisotopic (exact) mass is 582 g/mol. The molecule has 0 unspecified atom stereocenters. The number of ether oxygens (including phenoxy) is 4. The number of methoxy groups -OCH3 is 1. The summed E-state index contributed by atoms with van der Waals surface area (Å²) in [5.41, 5.74) is 3.99. The molecule has 0 atom stereocenters. The van der Waals surface area contributed by atoms with Gasteiger partial charge in [0.2, 0.25) is 0 Å². The Morgan fingerprint density at radius 3 is 2.31 bits per heavy atom. The molecule has 4 rings (SSSR count). The Morgan fingerprint density at radius 2 is 1.62 bits per heavy atom. The molecule has 214 valence electrons. The van der Waals surface area contributed by atoms with Gasteiger partial charge in [0.15, 0.2) is 23.0 Å². The van der Waals surface area contributed by atoms with Gasteiger partial charge in [0, 0.05) is 5.69 Å². The van der Waals surface area contributed by atoms with Gasteiger partial charge in [-0.15, -0.1) is 0 Å². The van der Waals surface area contributed by atoms with Crippen LogP contribution in [-0.2, 0) is 18.0 Å². The number of anilines is 1. The molecular formula is C34H31ClN2O5. The normalized spacial score (nSPS) is 10.9. The number of carbonyl (C=O) groups excluding carboxylic acids is 1. The van der Waals surface area contributed by atoms with Gasteiger partial charge in [-0.05, 0) is 73.0 Å². The van der Waals surface area contributed by atoms with Crippen LogP contribution in [0.15, 0.2) is 90.5 Å². The lowest BCUT2D eigenvalue weighted by molar-refractivity contribution is -0.112. The molecule has 0 saturated carbocycles. The molecule has 8 heteroatoms. The first-order valence-corrected chi connectivity index (χ1v) is 13.7. The second kappa shape index (κ2) is 14.6. The Kier molecular flexibility index (Phi) is 10.5. The number of amides is 1. The summed E-state index contributed by atoms with van der Waals surface area (Å²) in [7, 11) is 1.59. The molecule has 0 spiro atoms. The fourth-order valence-electron chi connectivity index (χ4n) is 4.04. The minimum Gasteiger partial charge on any atom is -0.493 e. The average Bonchev–Trinajstić information content (AvgIpc) is 3.00. The molecular weight excluding hydrogens is 552 g/mol. The largest absolute Gasteiger partial charge is 0.493 e. The number of hydrogen-bond donors (Lipinski definition) is 1. The molecule has 1 N–H and O–H groups in total. The number of rotatable bonds is 12. The van der Waals surface area contributed by atoms with E-state index in [4.69, 9.17) is 30.5 Å². The third-order valence-electron chi connectivity index (χ3n) is 6.17. The fraction of sp³-hybridized carbons (Fsp3) is 0.176. The Labute approximate surface area is 250 Å². The molecule has 0 bridgehead atoms. The first-order valence-electron chi connectivity index (χ1n) is 13.3. The van der Waals surface area contributed by atoms with E-state index in [0.29, 0.717) is 47.5 Å². The molecule has 0 saturated heterocycles. The number of nitrogens with zero attached hydrogens (tertiary/aromatic N) is 1. The number of hydrogen-bond acceptors (Lipinski definition) is 6. The molecule has 0 fully saturated rings. The van der Waals surface area contributed by atoms with Crippen LogP contribution in [0.4, 0.5) is 5.69 Å². The lowest BCUT2D eigenvalue weighted by atomic mass is 10.1. The standard InChI is InChI=1S/C34H31ClN2O5/c1-4-40-32-19-26(16-27(20-36)34(38)37-28-13-10-23(2)11-14-28)17-29(35)33(32)42-22-25-12-15-30(31(18-25)39-3)41-21-24-8-6-5-7-9-24/h5-19H,4,21-22H2,1-3H3,(H,37,38)/b27-16-. The van der Waals surface area contributed by atoms with Crippen molar-refractivity contribution in [1.82, 2.24) is 0 Å². The number of benzene rings is 4. The lowest BCUT2D eigenvalue weighted by Gasteiger charge is -2.16. The van der Waals surface area contributed by atoms with Crippen molar-refractivity contribution in [3.8, 4) is 29.1 Å². The van der Waals surface area contributed by atoms with Gasteiger partial charge in [-0.25, -0.2) is 0 Å². The highest BCUT2D eigenvalue weighted by atomic mass is 35.5. The van der Waals surface area contributed by atoms with Crippen LogP contribution in [0, 0.1) is 18.3 Å². The van der Waals surface area contributed by atoms with Gasteiger partial charge in [-0.3, -0.25) is 4.79 Å². The van der Waals surface area contributed by atoms with Crippen LogP contribution >= 0.6 is 11.6 Å². The second-order valence-corrected chi connectivity index (χ2v) is 9.71. The first-order chi connectivity index (χ1) is 20.4. The van der Waals surface area contributed by atoms with Crippen LogP contribution in [0.25, 0.3) is 6.08 Å². The molecule has 42 heavy (non-hydrogen) atoms. The molecule has 0 aliphatic carbocycles. The maximum atomic E-state index is 12.7. The average molecular weight is 583 g/mol. The predicted octanol–water partition coefficient (Wildman–Crippen LogP) is 7.76. The summed E-state index contributed by atoms with van der Waals surface area (Å²) in [6.45, 7) is 4.76. The molecule has 0 radical (unpaired) electrons. The van der Waals surface area contributed by atoms with E-state index in [1.807, 2.05) is 80.6 Å². The molecule has 0 heterocycles. The van der Waals surface area contributed by atoms with Gasteiger partial charge in [0.1, 0.15) is 24.9 Å². The van der Waals surface area contributed by atoms with Crippen molar-refractivity contribution in [2.75, 3.05) is 19.0 Å². The molecule has 4 aromatic rings. The summed E-state index contributed by atoms with van der Waals surface area (Å²) in [5.74, 6) is 1.41. The highest BCUT2D eigenvalue weighted by molar-refractivity contribution is 6.32. The molecule has 7 nitrogen and oxygen atoms in total. The van der Waals surface area contributed by atoms with Crippen molar-refractivity contribution in [3.05, 3.63) is 118 Å². The summed E-state index contributed by atoms with van der Waals surface area (Å²) in [4.78, 5) is 12.7. The SMILES string of the molecule is CCOc1cc(/C=C(/C#N)C(=O)Nc2ccc(C)cc2)cc(Cl)c1OCc1ccc(OCc2ccccc2)c(OC)c1. The van der Waals surface area contributed by atoms with Crippen LogP contribution in [0.1, 0.15) is 29.2 Å². The summed E-state index contributed by atoms with van der Waals surface area (Å²) < 4.78 is 23.4. The number of carbonyl (C=O) groups is 1. The molecule has 4 aromatic carbocycles. The molecule has 1 amide bonds. The van der Waals surface area contributed by atoms with Gasteiger partial charge in [-0.2, -0.15) is 5.26 Å². The zero-order valence-electron chi connectivity index (χ0n) is 23.6. The van der Waals surface area contributed by atoms with Crippen molar-refractivity contribution in [2.45, 2.75) is 27.1 Å². The van der Waals surface area contributed by atoms with E-state index < -0.39 is 5.91 Å². The van der Waals surface area contributed by atoms with E-state index in [9.17, 15) is 10.1 Å². The van der Waals surface area contributed by atoms with E-state index in [-0.39, 0.29) is 17.2 Å². The zero-order valence-corrected chi connectivity index (χ0v) is 24.4. The lowest BCUT2D eigenvalue weighted by Crippen LogP contribution is -2.13. The number of nitriles is 1. The zero-order chi connectivity index (χ0) is 29.9. The maximum Gasteiger partial charge on any atom is 0.266 e. The van der Waals surface area contributed by atoms with Crippen molar-refractivity contribution in [2.24, 2.45) is 0 Å². The third-order valence-corrected chi connectivity index (χ3v) is 6.45. The topological polar surface area (TPSA) is 89.8 Å². The Bertz CT molecular complexity index is 1600. The molecule has 0 aliphatic rings. The van der Waals surface area contributed by atoms with Crippen LogP contribution in [-0.4, -0.2) is 19.6 Å². The highest BCUT2D eigenvalue weighted by Crippen LogP contribution is 2.38. The highest BCUT2D eigenvalue weighted by Gasteiger charge is 2.16. The number of aryl methyl sites for hydroxylation is 1. The summed E-state index contributed by atoms with van der Waals surface area (Å²) in [5, 5.41) is 12.7. The smallest absolute Gasteiger partial charge is 0.266 e. The van der Waals surface area contributed by atoms with Crippen LogP contribution in [0.2, 0.25) is 5.02 Å².